The van der Waals surface area contributed by atoms with Crippen molar-refractivity contribution >= 4 is 11.8 Å². The van der Waals surface area contributed by atoms with Gasteiger partial charge in [-0.15, -0.1) is 0 Å². The molecule has 2 aromatic heterocycles. The molecule has 0 unspecified atom stereocenters. The van der Waals surface area contributed by atoms with E-state index in [4.69, 9.17) is 15.5 Å². The summed E-state index contributed by atoms with van der Waals surface area (Å²) in [5.74, 6) is 0.639. The summed E-state index contributed by atoms with van der Waals surface area (Å²) < 4.78 is 1.94. The highest BCUT2D eigenvalue weighted by Gasteiger charge is 2.26. The van der Waals surface area contributed by atoms with Crippen LogP contribution >= 0.6 is 0 Å². The number of fused-ring (bicyclic) bond motifs is 3. The minimum atomic E-state index is 0.225. The lowest BCUT2D eigenvalue weighted by Gasteiger charge is -2.17. The molecular weight excluding hydrogens is 388 g/mol. The lowest BCUT2D eigenvalue weighted by Crippen LogP contribution is -2.23. The van der Waals surface area contributed by atoms with Crippen LogP contribution in [0.15, 0.2) is 48.8 Å². The molecule has 0 aliphatic heterocycles. The second-order valence-corrected chi connectivity index (χ2v) is 7.86. The van der Waals surface area contributed by atoms with Crippen molar-refractivity contribution in [3.05, 3.63) is 60.1 Å². The summed E-state index contributed by atoms with van der Waals surface area (Å²) >= 11 is 0. The molecule has 0 fully saturated rings. The van der Waals surface area contributed by atoms with Crippen molar-refractivity contribution in [3.63, 3.8) is 0 Å². The van der Waals surface area contributed by atoms with Gasteiger partial charge in [-0.3, -0.25) is 10.1 Å². The Morgan fingerprint density at radius 2 is 2.03 bits per heavy atom. The largest absolute Gasteiger partial charge is 0.389 e. The Morgan fingerprint density at radius 3 is 2.81 bits per heavy atom. The molecule has 3 aromatic rings. The molecule has 8 nitrogen and oxygen atoms in total. The van der Waals surface area contributed by atoms with Crippen LogP contribution in [0.2, 0.25) is 0 Å². The van der Waals surface area contributed by atoms with Crippen molar-refractivity contribution in [2.45, 2.75) is 12.8 Å². The van der Waals surface area contributed by atoms with E-state index in [1.54, 1.807) is 12.3 Å². The molecular formula is C23H28N8. The molecule has 0 atom stereocenters. The summed E-state index contributed by atoms with van der Waals surface area (Å²) in [6.07, 6.45) is 7.03. The first kappa shape index (κ1) is 20.7. The Kier molecular flexibility index (Phi) is 6.08. The number of anilines is 1. The number of nitrogens with zero attached hydrogens (tertiary/aromatic N) is 5. The molecule has 8 heteroatoms. The van der Waals surface area contributed by atoms with Crippen molar-refractivity contribution in [2.24, 2.45) is 7.05 Å². The highest BCUT2D eigenvalue weighted by molar-refractivity contribution is 6.00. The van der Waals surface area contributed by atoms with Crippen molar-refractivity contribution in [2.75, 3.05) is 32.5 Å². The van der Waals surface area contributed by atoms with Gasteiger partial charge in [0.1, 0.15) is 5.84 Å². The van der Waals surface area contributed by atoms with Gasteiger partial charge in [0.15, 0.2) is 0 Å². The SMILES string of the molecule is CN(C)CCN/C=C\C(=N)Nc1ncc2c(n1)-c1c(nn(C)c1-c1ccccc1)CC2. The lowest BCUT2D eigenvalue weighted by atomic mass is 9.91. The van der Waals surface area contributed by atoms with E-state index in [1.807, 2.05) is 50.2 Å². The van der Waals surface area contributed by atoms with E-state index in [0.717, 1.165) is 59.7 Å². The van der Waals surface area contributed by atoms with Crippen LogP contribution < -0.4 is 10.6 Å². The molecule has 1 aliphatic carbocycles. The van der Waals surface area contributed by atoms with E-state index >= 15 is 0 Å². The van der Waals surface area contributed by atoms with Crippen LogP contribution in [-0.4, -0.2) is 57.7 Å². The zero-order valence-corrected chi connectivity index (χ0v) is 18.2. The molecule has 0 amide bonds. The van der Waals surface area contributed by atoms with Gasteiger partial charge in [0.05, 0.1) is 17.1 Å². The normalized spacial score (nSPS) is 12.6. The molecule has 0 radical (unpaired) electrons. The predicted octanol–water partition coefficient (Wildman–Crippen LogP) is 2.70. The summed E-state index contributed by atoms with van der Waals surface area (Å²) in [7, 11) is 6.03. The second-order valence-electron chi connectivity index (χ2n) is 7.86. The molecule has 0 saturated heterocycles. The maximum Gasteiger partial charge on any atom is 0.228 e. The Hall–Kier alpha value is -3.52. The first-order valence-corrected chi connectivity index (χ1v) is 10.4. The van der Waals surface area contributed by atoms with Gasteiger partial charge < -0.3 is 15.5 Å². The fourth-order valence-corrected chi connectivity index (χ4v) is 3.73. The number of benzene rings is 1. The van der Waals surface area contributed by atoms with Crippen molar-refractivity contribution in [1.29, 1.82) is 5.41 Å². The maximum atomic E-state index is 8.17. The van der Waals surface area contributed by atoms with Crippen LogP contribution in [0.25, 0.3) is 22.5 Å². The molecule has 1 aromatic carbocycles. The number of likely N-dealkylation sites (N-methyl/N-ethyl adjacent to an activating group) is 1. The first-order valence-electron chi connectivity index (χ1n) is 10.4. The zero-order chi connectivity index (χ0) is 21.8. The van der Waals surface area contributed by atoms with Gasteiger partial charge in [-0.05, 0) is 38.6 Å². The number of rotatable bonds is 7. The highest BCUT2D eigenvalue weighted by atomic mass is 15.3. The third-order valence-electron chi connectivity index (χ3n) is 5.22. The minimum absolute atomic E-state index is 0.225. The fraction of sp³-hybridized carbons (Fsp3) is 0.304. The number of amidine groups is 1. The van der Waals surface area contributed by atoms with Crippen molar-refractivity contribution < 1.29 is 0 Å². The Morgan fingerprint density at radius 1 is 1.23 bits per heavy atom. The van der Waals surface area contributed by atoms with Gasteiger partial charge in [-0.25, -0.2) is 9.97 Å². The highest BCUT2D eigenvalue weighted by Crippen LogP contribution is 2.39. The fourth-order valence-electron chi connectivity index (χ4n) is 3.73. The van der Waals surface area contributed by atoms with Gasteiger partial charge in [0.25, 0.3) is 0 Å². The third-order valence-corrected chi connectivity index (χ3v) is 5.22. The van der Waals surface area contributed by atoms with Gasteiger partial charge in [-0.1, -0.05) is 30.3 Å². The quantitative estimate of drug-likeness (QED) is 0.311. The van der Waals surface area contributed by atoms with Crippen molar-refractivity contribution in [1.82, 2.24) is 30.0 Å². The maximum absolute atomic E-state index is 8.17. The van der Waals surface area contributed by atoms with Crippen LogP contribution in [0.4, 0.5) is 5.95 Å². The standard InChI is InChI=1S/C23H28N8/c1-30(2)14-13-25-12-11-19(24)27-23-26-15-17-9-10-18-20(21(17)28-23)22(31(3)29-18)16-7-5-4-6-8-16/h4-8,11-12,15,25H,9-10,13-14H2,1-3H3,(H2,24,26,27,28)/b12-11-. The number of nitrogens with one attached hydrogen (secondary N) is 3. The summed E-state index contributed by atoms with van der Waals surface area (Å²) in [4.78, 5) is 11.3. The molecule has 0 saturated carbocycles. The van der Waals surface area contributed by atoms with E-state index in [0.29, 0.717) is 5.95 Å². The topological polar surface area (TPSA) is 94.8 Å². The van der Waals surface area contributed by atoms with Gasteiger partial charge in [0.2, 0.25) is 5.95 Å². The Bertz CT molecular complexity index is 1100. The van der Waals surface area contributed by atoms with E-state index in [2.05, 4.69) is 32.7 Å². The summed E-state index contributed by atoms with van der Waals surface area (Å²) in [5, 5.41) is 19.1. The number of hydrogen-bond acceptors (Lipinski definition) is 6. The molecule has 0 bridgehead atoms. The summed E-state index contributed by atoms with van der Waals surface area (Å²) in [6, 6.07) is 10.3. The number of hydrogen-bond donors (Lipinski definition) is 3. The minimum Gasteiger partial charge on any atom is -0.389 e. The Balaban J connectivity index is 1.57. The van der Waals surface area contributed by atoms with Crippen LogP contribution in [0.1, 0.15) is 11.3 Å². The van der Waals surface area contributed by atoms with Crippen LogP contribution in [-0.2, 0) is 19.9 Å². The second kappa shape index (κ2) is 9.09. The molecule has 4 rings (SSSR count). The predicted molar refractivity (Wildman–Crippen MR) is 124 cm³/mol. The lowest BCUT2D eigenvalue weighted by molar-refractivity contribution is 0.410. The number of aromatic nitrogens is 4. The van der Waals surface area contributed by atoms with Gasteiger partial charge in [0, 0.05) is 43.7 Å². The molecule has 31 heavy (non-hydrogen) atoms. The Labute approximate surface area is 182 Å². The van der Waals surface area contributed by atoms with Crippen LogP contribution in [0.3, 0.4) is 0 Å². The zero-order valence-electron chi connectivity index (χ0n) is 18.2. The van der Waals surface area contributed by atoms with E-state index in [-0.39, 0.29) is 5.84 Å². The first-order chi connectivity index (χ1) is 15.0. The smallest absolute Gasteiger partial charge is 0.228 e. The molecule has 160 valence electrons. The molecule has 0 spiro atoms. The monoisotopic (exact) mass is 416 g/mol. The summed E-state index contributed by atoms with van der Waals surface area (Å²) in [6.45, 7) is 1.74. The molecule has 3 N–H and O–H groups in total. The molecule has 2 heterocycles. The average Bonchev–Trinajstić information content (AvgIpc) is 3.10. The average molecular weight is 417 g/mol. The van der Waals surface area contributed by atoms with Gasteiger partial charge in [-0.2, -0.15) is 5.10 Å². The summed E-state index contributed by atoms with van der Waals surface area (Å²) in [5.41, 5.74) is 6.29. The van der Waals surface area contributed by atoms with Crippen LogP contribution in [0, 0.1) is 5.41 Å². The van der Waals surface area contributed by atoms with E-state index < -0.39 is 0 Å². The van der Waals surface area contributed by atoms with Crippen molar-refractivity contribution in [3.8, 4) is 22.5 Å². The van der Waals surface area contributed by atoms with Crippen LogP contribution in [0.5, 0.6) is 0 Å². The van der Waals surface area contributed by atoms with E-state index in [1.165, 1.54) is 0 Å². The third kappa shape index (κ3) is 4.64. The molecule has 1 aliphatic rings. The van der Waals surface area contributed by atoms with E-state index in [9.17, 15) is 0 Å². The van der Waals surface area contributed by atoms with Gasteiger partial charge >= 0.3 is 0 Å². The number of aryl methyl sites for hydroxylation is 3.